The van der Waals surface area contributed by atoms with Crippen LogP contribution in [0.15, 0.2) is 48.5 Å². The number of halogens is 3. The molecule has 0 fully saturated rings. The van der Waals surface area contributed by atoms with E-state index in [0.717, 1.165) is 23.3 Å². The SMILES string of the molecule is Cc1cccc(Cc2nc(CC(=O)NCc3ccc(C(F)(F)F)cc3)n[nH]2)c1. The Kier molecular flexibility index (Phi) is 5.77. The van der Waals surface area contributed by atoms with Gasteiger partial charge in [-0.05, 0) is 30.2 Å². The quantitative estimate of drug-likeness (QED) is 0.678. The molecule has 0 saturated heterocycles. The van der Waals surface area contributed by atoms with E-state index in [-0.39, 0.29) is 18.9 Å². The van der Waals surface area contributed by atoms with Crippen molar-refractivity contribution < 1.29 is 18.0 Å². The lowest BCUT2D eigenvalue weighted by atomic mass is 10.1. The molecule has 3 rings (SSSR count). The first-order valence-electron chi connectivity index (χ1n) is 8.68. The Morgan fingerprint density at radius 2 is 1.86 bits per heavy atom. The predicted molar refractivity (Wildman–Crippen MR) is 97.4 cm³/mol. The molecule has 1 amide bonds. The first-order chi connectivity index (χ1) is 13.3. The standard InChI is InChI=1S/C20H19F3N4O/c1-13-3-2-4-15(9-13)10-17-25-18(27-26-17)11-19(28)24-12-14-5-7-16(8-6-14)20(21,22)23/h2-9H,10-12H2,1H3,(H,24,28)(H,25,26,27). The van der Waals surface area contributed by atoms with E-state index in [9.17, 15) is 18.0 Å². The molecule has 0 aliphatic heterocycles. The second kappa shape index (κ2) is 8.24. The van der Waals surface area contributed by atoms with E-state index < -0.39 is 11.7 Å². The van der Waals surface area contributed by atoms with Crippen LogP contribution >= 0.6 is 0 Å². The number of amides is 1. The highest BCUT2D eigenvalue weighted by atomic mass is 19.4. The number of hydrogen-bond donors (Lipinski definition) is 2. The lowest BCUT2D eigenvalue weighted by Gasteiger charge is -2.08. The molecule has 0 bridgehead atoms. The highest BCUT2D eigenvalue weighted by Gasteiger charge is 2.29. The van der Waals surface area contributed by atoms with Crippen molar-refractivity contribution in [1.82, 2.24) is 20.5 Å². The fraction of sp³-hybridized carbons (Fsp3) is 0.250. The number of carbonyl (C=O) groups is 1. The van der Waals surface area contributed by atoms with E-state index in [2.05, 4.69) is 26.6 Å². The van der Waals surface area contributed by atoms with Gasteiger partial charge in [-0.3, -0.25) is 9.89 Å². The summed E-state index contributed by atoms with van der Waals surface area (Å²) in [6.45, 7) is 2.15. The average Bonchev–Trinajstić information content (AvgIpc) is 3.06. The lowest BCUT2D eigenvalue weighted by Crippen LogP contribution is -2.25. The normalized spacial score (nSPS) is 11.4. The van der Waals surface area contributed by atoms with Gasteiger partial charge in [0, 0.05) is 13.0 Å². The number of aryl methyl sites for hydroxylation is 1. The predicted octanol–water partition coefficient (Wildman–Crippen LogP) is 3.58. The molecule has 1 aromatic heterocycles. The molecule has 1 heterocycles. The maximum atomic E-state index is 12.5. The van der Waals surface area contributed by atoms with Crippen LogP contribution in [0.2, 0.25) is 0 Å². The van der Waals surface area contributed by atoms with E-state index in [1.807, 2.05) is 25.1 Å². The summed E-state index contributed by atoms with van der Waals surface area (Å²) in [6, 6.07) is 12.7. The fourth-order valence-electron chi connectivity index (χ4n) is 2.73. The zero-order chi connectivity index (χ0) is 20.1. The van der Waals surface area contributed by atoms with Crippen LogP contribution in [0, 0.1) is 6.92 Å². The first-order valence-corrected chi connectivity index (χ1v) is 8.68. The molecule has 0 radical (unpaired) electrons. The molecular formula is C20H19F3N4O. The zero-order valence-electron chi connectivity index (χ0n) is 15.2. The van der Waals surface area contributed by atoms with Crippen molar-refractivity contribution in [3.05, 3.63) is 82.4 Å². The van der Waals surface area contributed by atoms with Crippen molar-refractivity contribution in [2.75, 3.05) is 0 Å². The molecule has 0 atom stereocenters. The Balaban J connectivity index is 1.50. The topological polar surface area (TPSA) is 70.7 Å². The van der Waals surface area contributed by atoms with Gasteiger partial charge < -0.3 is 5.32 Å². The summed E-state index contributed by atoms with van der Waals surface area (Å²) < 4.78 is 37.6. The number of nitrogens with zero attached hydrogens (tertiary/aromatic N) is 2. The molecule has 2 N–H and O–H groups in total. The van der Waals surface area contributed by atoms with Crippen molar-refractivity contribution in [3.63, 3.8) is 0 Å². The van der Waals surface area contributed by atoms with Gasteiger partial charge in [-0.2, -0.15) is 18.3 Å². The van der Waals surface area contributed by atoms with Crippen LogP contribution in [0.25, 0.3) is 0 Å². The summed E-state index contributed by atoms with van der Waals surface area (Å²) in [4.78, 5) is 16.4. The van der Waals surface area contributed by atoms with Crippen molar-refractivity contribution in [3.8, 4) is 0 Å². The lowest BCUT2D eigenvalue weighted by molar-refractivity contribution is -0.137. The average molecular weight is 388 g/mol. The van der Waals surface area contributed by atoms with E-state index >= 15 is 0 Å². The smallest absolute Gasteiger partial charge is 0.352 e. The van der Waals surface area contributed by atoms with Crippen LogP contribution in [-0.4, -0.2) is 21.1 Å². The number of benzene rings is 2. The van der Waals surface area contributed by atoms with Gasteiger partial charge >= 0.3 is 6.18 Å². The van der Waals surface area contributed by atoms with Gasteiger partial charge in [0.05, 0.1) is 12.0 Å². The molecular weight excluding hydrogens is 369 g/mol. The minimum Gasteiger partial charge on any atom is -0.352 e. The minimum atomic E-state index is -4.37. The molecule has 0 unspecified atom stereocenters. The second-order valence-electron chi connectivity index (χ2n) is 6.51. The number of hydrogen-bond acceptors (Lipinski definition) is 3. The highest BCUT2D eigenvalue weighted by molar-refractivity contribution is 5.77. The molecule has 0 spiro atoms. The third-order valence-corrected chi connectivity index (χ3v) is 4.12. The monoisotopic (exact) mass is 388 g/mol. The van der Waals surface area contributed by atoms with Crippen LogP contribution in [-0.2, 0) is 30.4 Å². The summed E-state index contributed by atoms with van der Waals surface area (Å²) in [5.41, 5.74) is 2.11. The summed E-state index contributed by atoms with van der Waals surface area (Å²) in [6.07, 6.45) is -3.80. The molecule has 2 aromatic carbocycles. The van der Waals surface area contributed by atoms with Gasteiger partial charge in [0.1, 0.15) is 5.82 Å². The summed E-state index contributed by atoms with van der Waals surface area (Å²) in [5.74, 6) is 0.727. The number of H-pyrrole nitrogens is 1. The molecule has 146 valence electrons. The Labute approximate surface area is 160 Å². The Morgan fingerprint density at radius 1 is 1.11 bits per heavy atom. The van der Waals surface area contributed by atoms with Crippen LogP contribution in [0.3, 0.4) is 0 Å². The van der Waals surface area contributed by atoms with Crippen molar-refractivity contribution in [2.45, 2.75) is 32.5 Å². The maximum absolute atomic E-state index is 12.5. The number of alkyl halides is 3. The fourth-order valence-corrected chi connectivity index (χ4v) is 2.73. The third-order valence-electron chi connectivity index (χ3n) is 4.12. The third kappa shape index (κ3) is 5.42. The van der Waals surface area contributed by atoms with E-state index in [4.69, 9.17) is 0 Å². The molecule has 8 heteroatoms. The number of carbonyl (C=O) groups excluding carboxylic acids is 1. The number of aromatic nitrogens is 3. The summed E-state index contributed by atoms with van der Waals surface area (Å²) in [5, 5.41) is 9.53. The van der Waals surface area contributed by atoms with Crippen molar-refractivity contribution in [2.24, 2.45) is 0 Å². The van der Waals surface area contributed by atoms with Gasteiger partial charge in [-0.15, -0.1) is 0 Å². The zero-order valence-corrected chi connectivity index (χ0v) is 15.2. The Bertz CT molecular complexity index is 949. The second-order valence-corrected chi connectivity index (χ2v) is 6.51. The molecule has 5 nitrogen and oxygen atoms in total. The van der Waals surface area contributed by atoms with Gasteiger partial charge in [-0.25, -0.2) is 4.98 Å². The Morgan fingerprint density at radius 3 is 2.54 bits per heavy atom. The number of nitrogens with one attached hydrogen (secondary N) is 2. The Hall–Kier alpha value is -3.16. The molecule has 28 heavy (non-hydrogen) atoms. The van der Waals surface area contributed by atoms with Crippen LogP contribution in [0.4, 0.5) is 13.2 Å². The van der Waals surface area contributed by atoms with Gasteiger partial charge in [0.25, 0.3) is 0 Å². The first kappa shape index (κ1) is 19.6. The molecule has 3 aromatic rings. The van der Waals surface area contributed by atoms with Gasteiger partial charge in [-0.1, -0.05) is 42.0 Å². The largest absolute Gasteiger partial charge is 0.416 e. The van der Waals surface area contributed by atoms with Crippen molar-refractivity contribution in [1.29, 1.82) is 0 Å². The summed E-state index contributed by atoms with van der Waals surface area (Å²) in [7, 11) is 0. The maximum Gasteiger partial charge on any atom is 0.416 e. The summed E-state index contributed by atoms with van der Waals surface area (Å²) >= 11 is 0. The van der Waals surface area contributed by atoms with E-state index in [1.54, 1.807) is 0 Å². The minimum absolute atomic E-state index is 0.00898. The van der Waals surface area contributed by atoms with E-state index in [0.29, 0.717) is 23.6 Å². The van der Waals surface area contributed by atoms with Crippen LogP contribution in [0.1, 0.15) is 33.9 Å². The molecule has 0 aliphatic carbocycles. The van der Waals surface area contributed by atoms with Gasteiger partial charge in [0.15, 0.2) is 5.82 Å². The highest BCUT2D eigenvalue weighted by Crippen LogP contribution is 2.29. The van der Waals surface area contributed by atoms with Gasteiger partial charge in [0.2, 0.25) is 5.91 Å². The van der Waals surface area contributed by atoms with Crippen molar-refractivity contribution >= 4 is 5.91 Å². The molecule has 0 aliphatic rings. The van der Waals surface area contributed by atoms with Crippen LogP contribution in [0.5, 0.6) is 0 Å². The van der Waals surface area contributed by atoms with Crippen LogP contribution < -0.4 is 5.32 Å². The number of rotatable bonds is 6. The van der Waals surface area contributed by atoms with E-state index in [1.165, 1.54) is 12.1 Å². The molecule has 0 saturated carbocycles. The number of aromatic amines is 1.